The number of aliphatic carboxylic acids is 1. The molecule has 0 bridgehead atoms. The van der Waals surface area contributed by atoms with Crippen LogP contribution in [0, 0.1) is 11.3 Å². The van der Waals surface area contributed by atoms with E-state index in [-0.39, 0.29) is 17.5 Å². The van der Waals surface area contributed by atoms with Crippen LogP contribution >= 0.6 is 0 Å². The van der Waals surface area contributed by atoms with Gasteiger partial charge in [-0.3, -0.25) is 4.79 Å². The molecular formula is C13H18N2O4S. The number of fused-ring (bicyclic) bond motifs is 1. The lowest BCUT2D eigenvalue weighted by atomic mass is 9.81. The zero-order valence-corrected chi connectivity index (χ0v) is 12.1. The van der Waals surface area contributed by atoms with E-state index in [9.17, 15) is 18.3 Å². The minimum absolute atomic E-state index is 0.0601. The first-order valence-electron chi connectivity index (χ1n) is 6.73. The molecule has 1 aliphatic carbocycles. The Morgan fingerprint density at radius 2 is 2.25 bits per heavy atom. The first kappa shape index (κ1) is 13.6. The summed E-state index contributed by atoms with van der Waals surface area (Å²) in [5.74, 6) is -0.917. The number of nitrogens with zero attached hydrogens (tertiary/aromatic N) is 2. The number of hydrogen-bond acceptors (Lipinski definition) is 3. The number of carboxylic acids is 1. The highest BCUT2D eigenvalue weighted by Gasteiger charge is 2.57. The predicted octanol–water partition coefficient (Wildman–Crippen LogP) is 0.900. The van der Waals surface area contributed by atoms with Crippen molar-refractivity contribution < 1.29 is 18.3 Å². The third kappa shape index (κ3) is 1.73. The van der Waals surface area contributed by atoms with Crippen LogP contribution in [-0.2, 0) is 21.9 Å². The standard InChI is InChI=1S/C13H18N2O4S/c1-14-7-3-5-11(14)20(18,19)15-8-10-4-2-6-13(10,9-15)12(16)17/h3,5,7,10H,2,4,6,8-9H2,1H3,(H,16,17)/t10-,13+/m0/s1. The molecule has 0 unspecified atom stereocenters. The molecule has 2 aliphatic rings. The third-order valence-corrected chi connectivity index (χ3v) is 6.68. The van der Waals surface area contributed by atoms with Crippen LogP contribution in [0.1, 0.15) is 19.3 Å². The molecule has 3 rings (SSSR count). The Hall–Kier alpha value is -1.34. The van der Waals surface area contributed by atoms with Gasteiger partial charge in [-0.15, -0.1) is 0 Å². The van der Waals surface area contributed by atoms with Crippen molar-refractivity contribution in [2.75, 3.05) is 13.1 Å². The molecule has 1 saturated heterocycles. The molecule has 1 aromatic rings. The number of sulfonamides is 1. The van der Waals surface area contributed by atoms with E-state index < -0.39 is 21.4 Å². The van der Waals surface area contributed by atoms with Crippen LogP contribution in [0.15, 0.2) is 23.4 Å². The van der Waals surface area contributed by atoms with E-state index >= 15 is 0 Å². The summed E-state index contributed by atoms with van der Waals surface area (Å²) in [7, 11) is -1.93. The van der Waals surface area contributed by atoms with E-state index in [1.54, 1.807) is 29.9 Å². The Balaban J connectivity index is 1.95. The van der Waals surface area contributed by atoms with Gasteiger partial charge in [-0.2, -0.15) is 4.31 Å². The van der Waals surface area contributed by atoms with Crippen molar-refractivity contribution in [3.63, 3.8) is 0 Å². The summed E-state index contributed by atoms with van der Waals surface area (Å²) >= 11 is 0. The van der Waals surface area contributed by atoms with Gasteiger partial charge in [0.1, 0.15) is 5.03 Å². The first-order chi connectivity index (χ1) is 9.38. The molecule has 2 atom stereocenters. The average molecular weight is 298 g/mol. The average Bonchev–Trinajstić information content (AvgIpc) is 3.00. The van der Waals surface area contributed by atoms with E-state index in [4.69, 9.17) is 0 Å². The SMILES string of the molecule is Cn1cccc1S(=O)(=O)N1C[C@@H]2CCC[C@@]2(C(=O)O)C1. The molecular weight excluding hydrogens is 280 g/mol. The maximum absolute atomic E-state index is 12.6. The fourth-order valence-electron chi connectivity index (χ4n) is 3.62. The number of aryl methyl sites for hydroxylation is 1. The second-order valence-corrected chi connectivity index (χ2v) is 7.69. The molecule has 20 heavy (non-hydrogen) atoms. The van der Waals surface area contributed by atoms with Gasteiger partial charge in [-0.05, 0) is 30.9 Å². The summed E-state index contributed by atoms with van der Waals surface area (Å²) in [5.41, 5.74) is -0.877. The molecule has 0 amide bonds. The van der Waals surface area contributed by atoms with Crippen molar-refractivity contribution in [3.8, 4) is 0 Å². The maximum Gasteiger partial charge on any atom is 0.311 e. The minimum Gasteiger partial charge on any atom is -0.481 e. The second-order valence-electron chi connectivity index (χ2n) is 5.81. The van der Waals surface area contributed by atoms with E-state index in [1.165, 1.54) is 4.31 Å². The van der Waals surface area contributed by atoms with Gasteiger partial charge in [0.25, 0.3) is 10.0 Å². The van der Waals surface area contributed by atoms with Crippen LogP contribution in [-0.4, -0.2) is 41.5 Å². The molecule has 1 saturated carbocycles. The van der Waals surface area contributed by atoms with Gasteiger partial charge < -0.3 is 9.67 Å². The van der Waals surface area contributed by atoms with Crippen LogP contribution in [0.5, 0.6) is 0 Å². The molecule has 110 valence electrons. The minimum atomic E-state index is -3.61. The van der Waals surface area contributed by atoms with Gasteiger partial charge >= 0.3 is 5.97 Å². The van der Waals surface area contributed by atoms with Crippen molar-refractivity contribution in [2.24, 2.45) is 18.4 Å². The Kier molecular flexibility index (Phi) is 2.95. The smallest absolute Gasteiger partial charge is 0.311 e. The van der Waals surface area contributed by atoms with Crippen molar-refractivity contribution >= 4 is 16.0 Å². The molecule has 0 aromatic carbocycles. The largest absolute Gasteiger partial charge is 0.481 e. The molecule has 7 heteroatoms. The van der Waals surface area contributed by atoms with Crippen LogP contribution in [0.2, 0.25) is 0 Å². The number of aromatic nitrogens is 1. The van der Waals surface area contributed by atoms with E-state index in [1.807, 2.05) is 0 Å². The quantitative estimate of drug-likeness (QED) is 0.899. The van der Waals surface area contributed by atoms with Crippen LogP contribution < -0.4 is 0 Å². The van der Waals surface area contributed by atoms with Crippen molar-refractivity contribution in [3.05, 3.63) is 18.3 Å². The fraction of sp³-hybridized carbons (Fsp3) is 0.615. The van der Waals surface area contributed by atoms with Gasteiger partial charge in [-0.25, -0.2) is 8.42 Å². The monoisotopic (exact) mass is 298 g/mol. The van der Waals surface area contributed by atoms with Gasteiger partial charge in [0, 0.05) is 26.3 Å². The summed E-state index contributed by atoms with van der Waals surface area (Å²) in [4.78, 5) is 11.6. The lowest BCUT2D eigenvalue weighted by molar-refractivity contribution is -0.149. The number of carboxylic acid groups (broad SMARTS) is 1. The number of hydrogen-bond donors (Lipinski definition) is 1. The van der Waals surface area contributed by atoms with Crippen molar-refractivity contribution in [1.29, 1.82) is 0 Å². The van der Waals surface area contributed by atoms with Crippen LogP contribution in [0.4, 0.5) is 0 Å². The predicted molar refractivity (Wildman–Crippen MR) is 71.6 cm³/mol. The zero-order chi connectivity index (χ0) is 14.5. The van der Waals surface area contributed by atoms with Gasteiger partial charge in [0.05, 0.1) is 5.41 Å². The summed E-state index contributed by atoms with van der Waals surface area (Å²) in [6.07, 6.45) is 3.92. The second kappa shape index (κ2) is 4.33. The molecule has 1 aliphatic heterocycles. The highest BCUT2D eigenvalue weighted by molar-refractivity contribution is 7.89. The highest BCUT2D eigenvalue weighted by atomic mass is 32.2. The first-order valence-corrected chi connectivity index (χ1v) is 8.17. The number of rotatable bonds is 3. The fourth-order valence-corrected chi connectivity index (χ4v) is 5.34. The molecule has 0 radical (unpaired) electrons. The maximum atomic E-state index is 12.6. The van der Waals surface area contributed by atoms with Crippen molar-refractivity contribution in [1.82, 2.24) is 8.87 Å². The van der Waals surface area contributed by atoms with Crippen LogP contribution in [0.25, 0.3) is 0 Å². The Morgan fingerprint density at radius 1 is 1.50 bits per heavy atom. The highest BCUT2D eigenvalue weighted by Crippen LogP contribution is 2.50. The number of carbonyl (C=O) groups is 1. The molecule has 2 heterocycles. The zero-order valence-electron chi connectivity index (χ0n) is 11.3. The summed E-state index contributed by atoms with van der Waals surface area (Å²) in [6.45, 7) is 0.417. The Labute approximate surface area is 118 Å². The molecule has 6 nitrogen and oxygen atoms in total. The molecule has 1 N–H and O–H groups in total. The summed E-state index contributed by atoms with van der Waals surface area (Å²) < 4.78 is 28.1. The lowest BCUT2D eigenvalue weighted by Gasteiger charge is -2.23. The normalized spacial score (nSPS) is 30.6. The Morgan fingerprint density at radius 3 is 2.80 bits per heavy atom. The molecule has 2 fully saturated rings. The third-order valence-electron chi connectivity index (χ3n) is 4.77. The lowest BCUT2D eigenvalue weighted by Crippen LogP contribution is -2.37. The van der Waals surface area contributed by atoms with Gasteiger partial charge in [0.2, 0.25) is 0 Å². The van der Waals surface area contributed by atoms with Crippen molar-refractivity contribution in [2.45, 2.75) is 24.3 Å². The molecule has 0 spiro atoms. The van der Waals surface area contributed by atoms with Gasteiger partial charge in [-0.1, -0.05) is 6.42 Å². The van der Waals surface area contributed by atoms with Crippen LogP contribution in [0.3, 0.4) is 0 Å². The topological polar surface area (TPSA) is 79.6 Å². The summed E-state index contributed by atoms with van der Waals surface area (Å²) in [6, 6.07) is 3.23. The molecule has 1 aromatic heterocycles. The Bertz CT molecular complexity index is 651. The van der Waals surface area contributed by atoms with E-state index in [0.29, 0.717) is 13.0 Å². The van der Waals surface area contributed by atoms with E-state index in [0.717, 1.165) is 12.8 Å². The summed E-state index contributed by atoms with van der Waals surface area (Å²) in [5, 5.41) is 9.74. The van der Waals surface area contributed by atoms with Gasteiger partial charge in [0.15, 0.2) is 0 Å². The van der Waals surface area contributed by atoms with E-state index in [2.05, 4.69) is 0 Å².